The molecule has 2 heterocycles. The molecule has 2 aliphatic rings. The Bertz CT molecular complexity index is 1130. The van der Waals surface area contributed by atoms with Crippen molar-refractivity contribution in [1.29, 1.82) is 0 Å². The van der Waals surface area contributed by atoms with Crippen LogP contribution in [0.2, 0.25) is 0 Å². The van der Waals surface area contributed by atoms with E-state index in [2.05, 4.69) is 29.0 Å². The van der Waals surface area contributed by atoms with Crippen LogP contribution in [0.1, 0.15) is 91.2 Å². The number of benzene rings is 1. The van der Waals surface area contributed by atoms with E-state index in [4.69, 9.17) is 0 Å². The second-order valence-electron chi connectivity index (χ2n) is 10.9. The number of carboxylic acids is 1. The van der Waals surface area contributed by atoms with E-state index >= 15 is 0 Å². The summed E-state index contributed by atoms with van der Waals surface area (Å²) in [5.41, 5.74) is 1.94. The highest BCUT2D eigenvalue weighted by molar-refractivity contribution is 5.94. The third-order valence-electron chi connectivity index (χ3n) is 7.67. The van der Waals surface area contributed by atoms with Crippen LogP contribution in [0.15, 0.2) is 36.5 Å². The lowest BCUT2D eigenvalue weighted by atomic mass is 9.71. The average molecular weight is 518 g/mol. The first kappa shape index (κ1) is 27.1. The minimum absolute atomic E-state index is 0.0181. The summed E-state index contributed by atoms with van der Waals surface area (Å²) in [4.78, 5) is 31.3. The van der Waals surface area contributed by atoms with Crippen molar-refractivity contribution in [1.82, 2.24) is 15.2 Å². The monoisotopic (exact) mass is 517 g/mol. The number of aromatic nitrogens is 1. The van der Waals surface area contributed by atoms with E-state index in [0.717, 1.165) is 61.1 Å². The summed E-state index contributed by atoms with van der Waals surface area (Å²) in [6, 6.07) is 7.04. The quantitative estimate of drug-likeness (QED) is 0.451. The lowest BCUT2D eigenvalue weighted by Gasteiger charge is -2.36. The summed E-state index contributed by atoms with van der Waals surface area (Å²) in [6.07, 6.45) is 1.84. The molecule has 1 aromatic heterocycles. The molecule has 1 fully saturated rings. The van der Waals surface area contributed by atoms with Gasteiger partial charge in [0.1, 0.15) is 0 Å². The fraction of sp³-hybridized carbons (Fsp3) is 0.536. The summed E-state index contributed by atoms with van der Waals surface area (Å²) >= 11 is 0. The van der Waals surface area contributed by atoms with Gasteiger partial charge in [0, 0.05) is 25.8 Å². The third-order valence-corrected chi connectivity index (χ3v) is 7.67. The van der Waals surface area contributed by atoms with E-state index in [1.54, 1.807) is 6.20 Å². The molecular weight excluding hydrogens is 483 g/mol. The van der Waals surface area contributed by atoms with Crippen molar-refractivity contribution in [2.75, 3.05) is 6.54 Å². The summed E-state index contributed by atoms with van der Waals surface area (Å²) < 4.78 is 38.8. The Morgan fingerprint density at radius 2 is 1.84 bits per heavy atom. The van der Waals surface area contributed by atoms with Crippen LogP contribution in [0, 0.1) is 11.3 Å². The number of aliphatic carboxylic acids is 1. The Morgan fingerprint density at radius 3 is 2.43 bits per heavy atom. The third kappa shape index (κ3) is 6.32. The topological polar surface area (TPSA) is 82.5 Å². The molecule has 0 radical (unpaired) electrons. The molecule has 9 heteroatoms. The Balaban J connectivity index is 1.46. The van der Waals surface area contributed by atoms with Crippen molar-refractivity contribution in [2.24, 2.45) is 11.3 Å². The van der Waals surface area contributed by atoms with Crippen molar-refractivity contribution in [3.63, 3.8) is 0 Å². The number of amides is 1. The highest BCUT2D eigenvalue weighted by Crippen LogP contribution is 2.40. The molecule has 1 unspecified atom stereocenters. The number of hydrogen-bond donors (Lipinski definition) is 2. The molecule has 1 aliphatic heterocycles. The van der Waals surface area contributed by atoms with E-state index in [-0.39, 0.29) is 24.3 Å². The molecule has 1 saturated carbocycles. The molecule has 1 atom stereocenters. The van der Waals surface area contributed by atoms with Crippen LogP contribution in [0.4, 0.5) is 13.2 Å². The van der Waals surface area contributed by atoms with Gasteiger partial charge in [0.05, 0.1) is 29.3 Å². The van der Waals surface area contributed by atoms with Crippen molar-refractivity contribution >= 4 is 11.9 Å². The molecule has 200 valence electrons. The van der Waals surface area contributed by atoms with Gasteiger partial charge in [0.15, 0.2) is 0 Å². The van der Waals surface area contributed by atoms with Gasteiger partial charge >= 0.3 is 12.1 Å². The maximum absolute atomic E-state index is 13.0. The molecule has 37 heavy (non-hydrogen) atoms. The maximum Gasteiger partial charge on any atom is 0.416 e. The highest BCUT2D eigenvalue weighted by Gasteiger charge is 2.37. The molecule has 1 aliphatic carbocycles. The summed E-state index contributed by atoms with van der Waals surface area (Å²) in [6.45, 7) is 5.48. The summed E-state index contributed by atoms with van der Waals surface area (Å²) in [5, 5.41) is 12.4. The number of nitrogens with zero attached hydrogens (tertiary/aromatic N) is 2. The predicted octanol–water partition coefficient (Wildman–Crippen LogP) is 5.97. The minimum Gasteiger partial charge on any atom is -0.481 e. The average Bonchev–Trinajstić information content (AvgIpc) is 3.19. The lowest BCUT2D eigenvalue weighted by Crippen LogP contribution is -2.40. The van der Waals surface area contributed by atoms with Gasteiger partial charge in [-0.25, -0.2) is 0 Å². The van der Waals surface area contributed by atoms with Gasteiger partial charge in [-0.2, -0.15) is 13.2 Å². The first-order chi connectivity index (χ1) is 17.5. The van der Waals surface area contributed by atoms with Crippen molar-refractivity contribution < 1.29 is 27.9 Å². The fourth-order valence-electron chi connectivity index (χ4n) is 5.86. The van der Waals surface area contributed by atoms with E-state index in [0.29, 0.717) is 25.2 Å². The van der Waals surface area contributed by atoms with Crippen LogP contribution in [0.3, 0.4) is 0 Å². The number of carbonyl (C=O) groups is 2. The molecule has 2 aromatic rings. The number of rotatable bonds is 8. The Kier molecular flexibility index (Phi) is 7.92. The molecule has 0 bridgehead atoms. The number of carbonyl (C=O) groups excluding carboxylic acids is 1. The zero-order valence-electron chi connectivity index (χ0n) is 21.3. The number of hydrogen-bond acceptors (Lipinski definition) is 4. The molecule has 0 saturated heterocycles. The molecule has 1 amide bonds. The minimum atomic E-state index is -4.37. The summed E-state index contributed by atoms with van der Waals surface area (Å²) in [5.74, 6) is -0.902. The van der Waals surface area contributed by atoms with Crippen LogP contribution in [-0.2, 0) is 24.1 Å². The van der Waals surface area contributed by atoms with Gasteiger partial charge < -0.3 is 10.4 Å². The van der Waals surface area contributed by atoms with Crippen molar-refractivity contribution in [3.8, 4) is 0 Å². The Morgan fingerprint density at radius 1 is 1.16 bits per heavy atom. The van der Waals surface area contributed by atoms with Crippen LogP contribution in [0.25, 0.3) is 0 Å². The number of halogens is 3. The molecule has 4 rings (SSSR count). The van der Waals surface area contributed by atoms with E-state index in [9.17, 15) is 27.9 Å². The zero-order chi connectivity index (χ0) is 26.8. The summed E-state index contributed by atoms with van der Waals surface area (Å²) in [7, 11) is 0. The second-order valence-corrected chi connectivity index (χ2v) is 10.9. The molecular formula is C28H34F3N3O3. The SMILES string of the molecule is CC(C)C1c2ncc(C(=O)NCC3(CC(=O)O)CCCCC3)cc2CN1Cc1ccc(C(F)(F)F)cc1. The number of pyridine rings is 1. The van der Waals surface area contributed by atoms with Gasteiger partial charge in [0.25, 0.3) is 5.91 Å². The Labute approximate surface area is 215 Å². The van der Waals surface area contributed by atoms with Gasteiger partial charge in [0.2, 0.25) is 0 Å². The number of alkyl halides is 3. The van der Waals surface area contributed by atoms with Gasteiger partial charge in [-0.05, 0) is 53.5 Å². The van der Waals surface area contributed by atoms with E-state index < -0.39 is 23.1 Å². The second kappa shape index (κ2) is 10.8. The van der Waals surface area contributed by atoms with E-state index in [1.165, 1.54) is 12.1 Å². The smallest absolute Gasteiger partial charge is 0.416 e. The molecule has 6 nitrogen and oxygen atoms in total. The van der Waals surface area contributed by atoms with Crippen LogP contribution in [-0.4, -0.2) is 33.4 Å². The number of nitrogens with one attached hydrogen (secondary N) is 1. The first-order valence-corrected chi connectivity index (χ1v) is 12.9. The normalized spacial score (nSPS) is 19.6. The Hall–Kier alpha value is -2.94. The number of fused-ring (bicyclic) bond motifs is 1. The zero-order valence-corrected chi connectivity index (χ0v) is 21.3. The van der Waals surface area contributed by atoms with Gasteiger partial charge in [-0.1, -0.05) is 45.2 Å². The highest BCUT2D eigenvalue weighted by atomic mass is 19.4. The van der Waals surface area contributed by atoms with Crippen LogP contribution in [0.5, 0.6) is 0 Å². The standard InChI is InChI=1S/C28H34F3N3O3/c1-18(2)25-24-21(16-34(25)15-19-6-8-22(9-7-19)28(29,30)31)12-20(14-32-24)26(37)33-17-27(13-23(35)36)10-4-3-5-11-27/h6-9,12,14,18,25H,3-5,10-11,13,15-17H2,1-2H3,(H,33,37)(H,35,36). The van der Waals surface area contributed by atoms with Gasteiger partial charge in [-0.15, -0.1) is 0 Å². The molecule has 2 N–H and O–H groups in total. The molecule has 1 aromatic carbocycles. The predicted molar refractivity (Wildman–Crippen MR) is 133 cm³/mol. The lowest BCUT2D eigenvalue weighted by molar-refractivity contribution is -0.140. The maximum atomic E-state index is 13.0. The van der Waals surface area contributed by atoms with Crippen molar-refractivity contribution in [2.45, 2.75) is 77.7 Å². The fourth-order valence-corrected chi connectivity index (χ4v) is 5.86. The van der Waals surface area contributed by atoms with E-state index in [1.807, 2.05) is 6.07 Å². The van der Waals surface area contributed by atoms with Crippen LogP contribution >= 0.6 is 0 Å². The largest absolute Gasteiger partial charge is 0.481 e. The number of carboxylic acid groups (broad SMARTS) is 1. The van der Waals surface area contributed by atoms with Crippen molar-refractivity contribution in [3.05, 3.63) is 64.5 Å². The van der Waals surface area contributed by atoms with Crippen LogP contribution < -0.4 is 5.32 Å². The molecule has 0 spiro atoms. The first-order valence-electron chi connectivity index (χ1n) is 12.9. The van der Waals surface area contributed by atoms with Gasteiger partial charge in [-0.3, -0.25) is 19.5 Å².